The number of nitro groups is 2. The minimum Gasteiger partial charge on any atom is -0.358 e. The van der Waals surface area contributed by atoms with E-state index in [-0.39, 0.29) is 5.82 Å². The molecular weight excluding hydrogens is 328 g/mol. The summed E-state index contributed by atoms with van der Waals surface area (Å²) in [6.45, 7) is 3.32. The van der Waals surface area contributed by atoms with Crippen molar-refractivity contribution in [3.05, 3.63) is 56.7 Å². The molecule has 2 amide bonds. The summed E-state index contributed by atoms with van der Waals surface area (Å²) >= 11 is 0. The number of carbonyl (C=O) groups is 2. The average molecular weight is 336 g/mol. The van der Waals surface area contributed by atoms with Crippen molar-refractivity contribution >= 4 is 23.5 Å². The molecule has 2 aromatic rings. The highest BCUT2D eigenvalue weighted by Gasteiger charge is 2.25. The minimum absolute atomic E-state index is 0.375. The maximum atomic E-state index is 11.8. The molecular formula is C10H8N8O6. The Morgan fingerprint density at radius 3 is 1.67 bits per heavy atom. The van der Waals surface area contributed by atoms with Gasteiger partial charge in [0.25, 0.3) is 11.8 Å². The fraction of sp³-hybridized carbons (Fsp3) is 0. The number of imidazole rings is 2. The number of carbonyl (C=O) groups excluding carboxylic acids is 2. The lowest BCUT2D eigenvalue weighted by atomic mass is 10.4. The molecule has 0 aromatic carbocycles. The van der Waals surface area contributed by atoms with Gasteiger partial charge in [0, 0.05) is 0 Å². The van der Waals surface area contributed by atoms with Crippen molar-refractivity contribution in [3.8, 4) is 0 Å². The number of aromatic nitrogens is 4. The van der Waals surface area contributed by atoms with Crippen molar-refractivity contribution in [2.75, 3.05) is 0 Å². The van der Waals surface area contributed by atoms with Gasteiger partial charge in [0.1, 0.15) is 5.82 Å². The summed E-state index contributed by atoms with van der Waals surface area (Å²) in [4.78, 5) is 54.7. The molecule has 14 heteroatoms. The molecule has 0 bridgehead atoms. The molecule has 0 unspecified atom stereocenters. The summed E-state index contributed by atoms with van der Waals surface area (Å²) < 4.78 is 0. The van der Waals surface area contributed by atoms with E-state index in [9.17, 15) is 29.8 Å². The Hall–Kier alpha value is -4.10. The van der Waals surface area contributed by atoms with Crippen LogP contribution in [0.2, 0.25) is 0 Å². The summed E-state index contributed by atoms with van der Waals surface area (Å²) in [6, 6.07) is 0. The fourth-order valence-corrected chi connectivity index (χ4v) is 1.61. The molecule has 14 nitrogen and oxygen atoms in total. The van der Waals surface area contributed by atoms with Crippen LogP contribution < -0.4 is 10.6 Å². The normalized spacial score (nSPS) is 10.0. The third-order valence-electron chi connectivity index (χ3n) is 2.56. The van der Waals surface area contributed by atoms with Gasteiger partial charge in [-0.2, -0.15) is 0 Å². The molecule has 24 heavy (non-hydrogen) atoms. The molecule has 2 rings (SSSR count). The summed E-state index contributed by atoms with van der Waals surface area (Å²) in [6.07, 6.45) is 1.89. The zero-order valence-electron chi connectivity index (χ0n) is 11.6. The Labute approximate surface area is 131 Å². The molecule has 0 saturated carbocycles. The number of nitrogens with one attached hydrogen (secondary N) is 4. The maximum Gasteiger partial charge on any atom is 0.353 e. The summed E-state index contributed by atoms with van der Waals surface area (Å²) in [5, 5.41) is 25.5. The largest absolute Gasteiger partial charge is 0.358 e. The van der Waals surface area contributed by atoms with Crippen LogP contribution in [0.5, 0.6) is 0 Å². The third kappa shape index (κ3) is 3.21. The Balaban J connectivity index is 2.05. The van der Waals surface area contributed by atoms with Crippen molar-refractivity contribution in [2.45, 2.75) is 0 Å². The standard InChI is InChI=1S/C10H8N8O6/c1-4(15-9(19)5-7(17(21)22)13-2-11-5)16-10(20)6-8(18(23)24)14-3-12-6/h2-3H,1H2,(H,11,13)(H,12,14)(H,15,19)(H,16,20). The SMILES string of the molecule is C=C(NC(=O)c1nc[nH]c1[N+](=O)[O-])NC(=O)c1nc[nH]c1[N+](=O)[O-]. The van der Waals surface area contributed by atoms with E-state index >= 15 is 0 Å². The minimum atomic E-state index is -1.01. The van der Waals surface area contributed by atoms with Gasteiger partial charge in [-0.15, -0.1) is 0 Å². The van der Waals surface area contributed by atoms with Crippen LogP contribution in [0.4, 0.5) is 11.6 Å². The quantitative estimate of drug-likeness (QED) is 0.402. The van der Waals surface area contributed by atoms with Crippen molar-refractivity contribution in [3.63, 3.8) is 0 Å². The van der Waals surface area contributed by atoms with Crippen molar-refractivity contribution in [1.29, 1.82) is 0 Å². The van der Waals surface area contributed by atoms with Crippen LogP contribution in [-0.4, -0.2) is 41.6 Å². The van der Waals surface area contributed by atoms with Gasteiger partial charge in [-0.05, 0) is 9.85 Å². The monoisotopic (exact) mass is 336 g/mol. The van der Waals surface area contributed by atoms with Crippen molar-refractivity contribution < 1.29 is 19.4 Å². The van der Waals surface area contributed by atoms with Crippen LogP contribution in [0.3, 0.4) is 0 Å². The molecule has 4 N–H and O–H groups in total. The molecule has 0 spiro atoms. The second-order valence-corrected chi connectivity index (χ2v) is 4.10. The van der Waals surface area contributed by atoms with Gasteiger partial charge >= 0.3 is 11.6 Å². The van der Waals surface area contributed by atoms with Crippen LogP contribution in [0.1, 0.15) is 21.0 Å². The summed E-state index contributed by atoms with van der Waals surface area (Å²) in [7, 11) is 0. The van der Waals surface area contributed by atoms with Gasteiger partial charge in [-0.3, -0.25) is 9.59 Å². The van der Waals surface area contributed by atoms with Crippen LogP contribution in [0.15, 0.2) is 25.1 Å². The van der Waals surface area contributed by atoms with Gasteiger partial charge in [-0.1, -0.05) is 6.58 Å². The smallest absolute Gasteiger partial charge is 0.353 e. The molecule has 0 atom stereocenters. The molecule has 124 valence electrons. The van der Waals surface area contributed by atoms with Gasteiger partial charge in [0.15, 0.2) is 12.7 Å². The van der Waals surface area contributed by atoms with E-state index in [0.717, 1.165) is 12.7 Å². The van der Waals surface area contributed by atoms with E-state index in [4.69, 9.17) is 0 Å². The molecule has 2 heterocycles. The van der Waals surface area contributed by atoms with Gasteiger partial charge < -0.3 is 30.9 Å². The number of nitrogens with zero attached hydrogens (tertiary/aromatic N) is 4. The highest BCUT2D eigenvalue weighted by atomic mass is 16.6. The predicted molar refractivity (Wildman–Crippen MR) is 74.6 cm³/mol. The lowest BCUT2D eigenvalue weighted by Gasteiger charge is -2.07. The first-order chi connectivity index (χ1) is 11.3. The molecule has 2 aromatic heterocycles. The Morgan fingerprint density at radius 2 is 1.33 bits per heavy atom. The molecule has 0 saturated heterocycles. The first-order valence-corrected chi connectivity index (χ1v) is 5.98. The number of hydrogen-bond acceptors (Lipinski definition) is 8. The van der Waals surface area contributed by atoms with E-state index < -0.39 is 44.7 Å². The average Bonchev–Trinajstić information content (AvgIpc) is 3.16. The predicted octanol–water partition coefficient (Wildman–Crippen LogP) is -0.420. The lowest BCUT2D eigenvalue weighted by Crippen LogP contribution is -2.35. The highest BCUT2D eigenvalue weighted by Crippen LogP contribution is 2.13. The van der Waals surface area contributed by atoms with Crippen LogP contribution >= 0.6 is 0 Å². The number of H-pyrrole nitrogens is 2. The van der Waals surface area contributed by atoms with Gasteiger partial charge in [0.2, 0.25) is 11.4 Å². The first kappa shape index (κ1) is 16.3. The van der Waals surface area contributed by atoms with E-state index in [1.54, 1.807) is 0 Å². The highest BCUT2D eigenvalue weighted by molar-refractivity contribution is 5.99. The number of rotatable bonds is 6. The van der Waals surface area contributed by atoms with Crippen LogP contribution in [0.25, 0.3) is 0 Å². The maximum absolute atomic E-state index is 11.8. The molecule has 0 aliphatic carbocycles. The van der Waals surface area contributed by atoms with Crippen LogP contribution in [0, 0.1) is 20.2 Å². The van der Waals surface area contributed by atoms with Crippen molar-refractivity contribution in [2.24, 2.45) is 0 Å². The third-order valence-corrected chi connectivity index (χ3v) is 2.56. The second kappa shape index (κ2) is 6.34. The zero-order chi connectivity index (χ0) is 17.9. The second-order valence-electron chi connectivity index (χ2n) is 4.10. The van der Waals surface area contributed by atoms with Crippen LogP contribution in [-0.2, 0) is 0 Å². The molecule has 0 fully saturated rings. The molecule has 0 radical (unpaired) electrons. The zero-order valence-corrected chi connectivity index (χ0v) is 11.6. The summed E-state index contributed by atoms with van der Waals surface area (Å²) in [5.74, 6) is -3.68. The lowest BCUT2D eigenvalue weighted by molar-refractivity contribution is -0.389. The molecule has 0 aliphatic heterocycles. The van der Waals surface area contributed by atoms with Crippen molar-refractivity contribution in [1.82, 2.24) is 30.6 Å². The fourth-order valence-electron chi connectivity index (χ4n) is 1.61. The van der Waals surface area contributed by atoms with E-state index in [1.165, 1.54) is 0 Å². The van der Waals surface area contributed by atoms with E-state index in [0.29, 0.717) is 0 Å². The van der Waals surface area contributed by atoms with Gasteiger partial charge in [0.05, 0.1) is 0 Å². The Kier molecular flexibility index (Phi) is 4.30. The number of amides is 2. The summed E-state index contributed by atoms with van der Waals surface area (Å²) in [5.41, 5.74) is -1.05. The Bertz CT molecular complexity index is 783. The first-order valence-electron chi connectivity index (χ1n) is 5.98. The van der Waals surface area contributed by atoms with E-state index in [1.807, 2.05) is 0 Å². The van der Waals surface area contributed by atoms with Gasteiger partial charge in [-0.25, -0.2) is 19.9 Å². The topological polar surface area (TPSA) is 202 Å². The Morgan fingerprint density at radius 1 is 0.958 bits per heavy atom. The molecule has 0 aliphatic rings. The van der Waals surface area contributed by atoms with E-state index in [2.05, 4.69) is 37.1 Å². The number of hydrogen-bond donors (Lipinski definition) is 4. The number of aromatic amines is 2.